The standard InChI is InChI=1S/C14H19N3O3S/c1-3-12(10-18)16-21(19,20)14-9-17(15-11(14)2)13-7-5-4-6-8-13/h4-9,12,16,18H,3,10H2,1-2H3. The molecule has 6 nitrogen and oxygen atoms in total. The third-order valence-electron chi connectivity index (χ3n) is 3.20. The molecule has 1 aromatic heterocycles. The Kier molecular flexibility index (Phi) is 4.76. The second-order valence-electron chi connectivity index (χ2n) is 4.77. The molecule has 0 bridgehead atoms. The normalized spacial score (nSPS) is 13.3. The summed E-state index contributed by atoms with van der Waals surface area (Å²) in [6.45, 7) is 3.22. The molecular weight excluding hydrogens is 290 g/mol. The van der Waals surface area contributed by atoms with Gasteiger partial charge in [0.25, 0.3) is 0 Å². The Hall–Kier alpha value is -1.70. The van der Waals surface area contributed by atoms with Gasteiger partial charge in [0.05, 0.1) is 24.2 Å². The number of nitrogens with zero attached hydrogens (tertiary/aromatic N) is 2. The van der Waals surface area contributed by atoms with Gasteiger partial charge in [-0.3, -0.25) is 0 Å². The molecule has 0 aliphatic heterocycles. The van der Waals surface area contributed by atoms with Crippen LogP contribution in [0.15, 0.2) is 41.4 Å². The largest absolute Gasteiger partial charge is 0.395 e. The van der Waals surface area contributed by atoms with Crippen LogP contribution >= 0.6 is 0 Å². The summed E-state index contributed by atoms with van der Waals surface area (Å²) in [7, 11) is -3.69. The van der Waals surface area contributed by atoms with E-state index in [1.807, 2.05) is 37.3 Å². The third kappa shape index (κ3) is 3.49. The number of para-hydroxylation sites is 1. The van der Waals surface area contributed by atoms with E-state index in [0.29, 0.717) is 12.1 Å². The lowest BCUT2D eigenvalue weighted by atomic mass is 10.3. The highest BCUT2D eigenvalue weighted by molar-refractivity contribution is 7.89. The van der Waals surface area contributed by atoms with Gasteiger partial charge in [0, 0.05) is 6.04 Å². The predicted molar refractivity (Wildman–Crippen MR) is 79.8 cm³/mol. The van der Waals surface area contributed by atoms with E-state index in [-0.39, 0.29) is 11.5 Å². The summed E-state index contributed by atoms with van der Waals surface area (Å²) < 4.78 is 28.7. The molecule has 0 amide bonds. The van der Waals surface area contributed by atoms with Crippen LogP contribution in [-0.2, 0) is 10.0 Å². The fourth-order valence-corrected chi connectivity index (χ4v) is 3.43. The molecule has 2 N–H and O–H groups in total. The van der Waals surface area contributed by atoms with Crippen LogP contribution in [0.1, 0.15) is 19.0 Å². The van der Waals surface area contributed by atoms with Gasteiger partial charge in [0.1, 0.15) is 4.90 Å². The van der Waals surface area contributed by atoms with Gasteiger partial charge in [-0.1, -0.05) is 25.1 Å². The molecule has 114 valence electrons. The maximum atomic E-state index is 12.4. The number of aryl methyl sites for hydroxylation is 1. The van der Waals surface area contributed by atoms with E-state index in [4.69, 9.17) is 5.11 Å². The molecule has 0 aliphatic rings. The van der Waals surface area contributed by atoms with E-state index in [1.54, 1.807) is 6.92 Å². The van der Waals surface area contributed by atoms with Crippen LogP contribution in [0.25, 0.3) is 5.69 Å². The Morgan fingerprint density at radius 1 is 1.33 bits per heavy atom. The average Bonchev–Trinajstić information content (AvgIpc) is 2.88. The highest BCUT2D eigenvalue weighted by Crippen LogP contribution is 2.17. The quantitative estimate of drug-likeness (QED) is 0.840. The summed E-state index contributed by atoms with van der Waals surface area (Å²) in [5.74, 6) is 0. The number of benzene rings is 1. The molecule has 0 spiro atoms. The zero-order chi connectivity index (χ0) is 15.5. The molecule has 0 saturated carbocycles. The monoisotopic (exact) mass is 309 g/mol. The zero-order valence-electron chi connectivity index (χ0n) is 12.0. The van der Waals surface area contributed by atoms with Crippen LogP contribution < -0.4 is 4.72 Å². The van der Waals surface area contributed by atoms with Crippen LogP contribution in [0.5, 0.6) is 0 Å². The molecule has 0 aliphatic carbocycles. The maximum absolute atomic E-state index is 12.4. The van der Waals surface area contributed by atoms with Crippen LogP contribution in [0, 0.1) is 6.92 Å². The Labute approximate surface area is 124 Å². The van der Waals surface area contributed by atoms with Crippen LogP contribution in [0.3, 0.4) is 0 Å². The van der Waals surface area contributed by atoms with Crippen molar-refractivity contribution < 1.29 is 13.5 Å². The molecule has 7 heteroatoms. The van der Waals surface area contributed by atoms with Crippen molar-refractivity contribution in [3.63, 3.8) is 0 Å². The lowest BCUT2D eigenvalue weighted by Crippen LogP contribution is -2.37. The van der Waals surface area contributed by atoms with Gasteiger partial charge < -0.3 is 5.11 Å². The number of aliphatic hydroxyl groups excluding tert-OH is 1. The van der Waals surface area contributed by atoms with Gasteiger partial charge in [-0.05, 0) is 25.5 Å². The number of aliphatic hydroxyl groups is 1. The topological polar surface area (TPSA) is 84.2 Å². The minimum Gasteiger partial charge on any atom is -0.395 e. The minimum atomic E-state index is -3.69. The lowest BCUT2D eigenvalue weighted by Gasteiger charge is -2.13. The summed E-state index contributed by atoms with van der Waals surface area (Å²) in [6.07, 6.45) is 2.00. The first-order chi connectivity index (χ1) is 9.97. The van der Waals surface area contributed by atoms with Crippen molar-refractivity contribution in [1.29, 1.82) is 0 Å². The first-order valence-corrected chi connectivity index (χ1v) is 8.21. The molecule has 0 saturated heterocycles. The number of sulfonamides is 1. The molecule has 2 rings (SSSR count). The molecule has 1 unspecified atom stereocenters. The van der Waals surface area contributed by atoms with Gasteiger partial charge in [-0.15, -0.1) is 0 Å². The highest BCUT2D eigenvalue weighted by Gasteiger charge is 2.23. The van der Waals surface area contributed by atoms with Gasteiger partial charge >= 0.3 is 0 Å². The van der Waals surface area contributed by atoms with Crippen molar-refractivity contribution in [3.05, 3.63) is 42.2 Å². The molecule has 0 fully saturated rings. The zero-order valence-corrected chi connectivity index (χ0v) is 12.8. The molecule has 21 heavy (non-hydrogen) atoms. The molecule has 1 heterocycles. The number of rotatable bonds is 6. The van der Waals surface area contributed by atoms with Crippen LogP contribution in [0.4, 0.5) is 0 Å². The van der Waals surface area contributed by atoms with E-state index < -0.39 is 16.1 Å². The highest BCUT2D eigenvalue weighted by atomic mass is 32.2. The number of hydrogen-bond donors (Lipinski definition) is 2. The molecule has 1 atom stereocenters. The molecule has 2 aromatic rings. The third-order valence-corrected chi connectivity index (χ3v) is 4.82. The van der Waals surface area contributed by atoms with Crippen molar-refractivity contribution in [1.82, 2.24) is 14.5 Å². The smallest absolute Gasteiger partial charge is 0.244 e. The SMILES string of the molecule is CCC(CO)NS(=O)(=O)c1cn(-c2ccccc2)nc1C. The van der Waals surface area contributed by atoms with Crippen molar-refractivity contribution >= 4 is 10.0 Å². The van der Waals surface area contributed by atoms with E-state index in [1.165, 1.54) is 10.9 Å². The fourth-order valence-electron chi connectivity index (χ4n) is 1.95. The van der Waals surface area contributed by atoms with Gasteiger partial charge in [-0.25, -0.2) is 17.8 Å². The van der Waals surface area contributed by atoms with Crippen molar-refractivity contribution in [2.45, 2.75) is 31.2 Å². The van der Waals surface area contributed by atoms with Crippen LogP contribution in [-0.4, -0.2) is 36.0 Å². The van der Waals surface area contributed by atoms with Crippen LogP contribution in [0.2, 0.25) is 0 Å². The van der Waals surface area contributed by atoms with Crippen molar-refractivity contribution in [3.8, 4) is 5.69 Å². The maximum Gasteiger partial charge on any atom is 0.244 e. The van der Waals surface area contributed by atoms with Crippen molar-refractivity contribution in [2.24, 2.45) is 0 Å². The number of aromatic nitrogens is 2. The van der Waals surface area contributed by atoms with E-state index in [2.05, 4.69) is 9.82 Å². The first kappa shape index (κ1) is 15.7. The Balaban J connectivity index is 2.35. The van der Waals surface area contributed by atoms with E-state index in [9.17, 15) is 8.42 Å². The van der Waals surface area contributed by atoms with E-state index in [0.717, 1.165) is 5.69 Å². The average molecular weight is 309 g/mol. The lowest BCUT2D eigenvalue weighted by molar-refractivity contribution is 0.254. The summed E-state index contributed by atoms with van der Waals surface area (Å²) in [6, 6.07) is 8.80. The molecular formula is C14H19N3O3S. The molecule has 0 radical (unpaired) electrons. The minimum absolute atomic E-state index is 0.123. The Morgan fingerprint density at radius 3 is 2.57 bits per heavy atom. The van der Waals surface area contributed by atoms with Crippen molar-refractivity contribution in [2.75, 3.05) is 6.61 Å². The van der Waals surface area contributed by atoms with Gasteiger partial charge in [-0.2, -0.15) is 5.10 Å². The Bertz CT molecular complexity index is 692. The summed E-state index contributed by atoms with van der Waals surface area (Å²) in [4.78, 5) is 0.123. The summed E-state index contributed by atoms with van der Waals surface area (Å²) in [5.41, 5.74) is 1.20. The predicted octanol–water partition coefficient (Wildman–Crippen LogP) is 1.23. The number of nitrogens with one attached hydrogen (secondary N) is 1. The first-order valence-electron chi connectivity index (χ1n) is 6.72. The fraction of sp³-hybridized carbons (Fsp3) is 0.357. The molecule has 1 aromatic carbocycles. The summed E-state index contributed by atoms with van der Waals surface area (Å²) in [5, 5.41) is 13.4. The van der Waals surface area contributed by atoms with E-state index >= 15 is 0 Å². The summed E-state index contributed by atoms with van der Waals surface area (Å²) >= 11 is 0. The second-order valence-corrected chi connectivity index (χ2v) is 6.45. The van der Waals surface area contributed by atoms with Gasteiger partial charge in [0.15, 0.2) is 0 Å². The Morgan fingerprint density at radius 2 is 2.00 bits per heavy atom. The van der Waals surface area contributed by atoms with Gasteiger partial charge in [0.2, 0.25) is 10.0 Å². The second kappa shape index (κ2) is 6.38. The number of hydrogen-bond acceptors (Lipinski definition) is 4.